The predicted molar refractivity (Wildman–Crippen MR) is 108 cm³/mol. The van der Waals surface area contributed by atoms with Crippen LogP contribution in [0, 0.1) is 5.82 Å². The van der Waals surface area contributed by atoms with Crippen molar-refractivity contribution < 1.29 is 27.1 Å². The van der Waals surface area contributed by atoms with Crippen molar-refractivity contribution in [3.63, 3.8) is 0 Å². The molecule has 0 saturated carbocycles. The van der Waals surface area contributed by atoms with Crippen LogP contribution in [0.15, 0.2) is 48.5 Å². The lowest BCUT2D eigenvalue weighted by Crippen LogP contribution is -2.30. The maximum absolute atomic E-state index is 12.8. The fourth-order valence-electron chi connectivity index (χ4n) is 2.47. The van der Waals surface area contributed by atoms with E-state index in [4.69, 9.17) is 4.74 Å². The Bertz CT molecular complexity index is 946. The van der Waals surface area contributed by atoms with Gasteiger partial charge in [-0.3, -0.25) is 9.52 Å². The number of hydrogen-bond donors (Lipinski definition) is 2. The number of carbonyl (C=O) groups is 2. The summed E-state index contributed by atoms with van der Waals surface area (Å²) >= 11 is 0. The third-order valence-electron chi connectivity index (χ3n) is 3.83. The number of amides is 1. The van der Waals surface area contributed by atoms with E-state index in [1.54, 1.807) is 19.1 Å². The van der Waals surface area contributed by atoms with Crippen LogP contribution in [-0.4, -0.2) is 39.2 Å². The topological polar surface area (TPSA) is 102 Å². The lowest BCUT2D eigenvalue weighted by Gasteiger charge is -2.09. The summed E-state index contributed by atoms with van der Waals surface area (Å²) in [5.41, 5.74) is 1.24. The van der Waals surface area contributed by atoms with Gasteiger partial charge in [0.05, 0.1) is 11.3 Å². The molecule has 0 aliphatic heterocycles. The molecule has 2 aromatic carbocycles. The van der Waals surface area contributed by atoms with Crippen LogP contribution in [0.5, 0.6) is 0 Å². The number of anilines is 1. The molecule has 0 aliphatic carbocycles. The average molecular weight is 422 g/mol. The lowest BCUT2D eigenvalue weighted by molar-refractivity contribution is -0.124. The molecule has 1 amide bonds. The van der Waals surface area contributed by atoms with Crippen molar-refractivity contribution >= 4 is 27.6 Å². The van der Waals surface area contributed by atoms with Crippen molar-refractivity contribution in [3.8, 4) is 0 Å². The first-order chi connectivity index (χ1) is 13.8. The number of benzene rings is 2. The van der Waals surface area contributed by atoms with Gasteiger partial charge in [-0.1, -0.05) is 25.1 Å². The molecule has 0 aromatic heterocycles. The molecule has 7 nitrogen and oxygen atoms in total. The number of carbonyl (C=O) groups excluding carboxylic acids is 2. The Morgan fingerprint density at radius 2 is 1.83 bits per heavy atom. The van der Waals surface area contributed by atoms with E-state index >= 15 is 0 Å². The number of ether oxygens (including phenoxy) is 1. The highest BCUT2D eigenvalue weighted by molar-refractivity contribution is 7.92. The standard InChI is InChI=1S/C20H23FN2O5S/c1-2-12-29(26,27)23-18-5-3-4-16(13-18)20(25)28-14-19(24)22-11-10-15-6-8-17(21)9-7-15/h3-9,13,23H,2,10-12,14H2,1H3,(H,22,24). The zero-order valence-electron chi connectivity index (χ0n) is 16.0. The smallest absolute Gasteiger partial charge is 0.338 e. The highest BCUT2D eigenvalue weighted by Gasteiger charge is 2.13. The minimum Gasteiger partial charge on any atom is -0.452 e. The normalized spacial score (nSPS) is 11.0. The molecule has 0 aliphatic rings. The predicted octanol–water partition coefficient (Wildman–Crippen LogP) is 2.49. The van der Waals surface area contributed by atoms with E-state index in [9.17, 15) is 22.4 Å². The Kier molecular flexibility index (Phi) is 8.14. The number of nitrogens with one attached hydrogen (secondary N) is 2. The second-order valence-electron chi connectivity index (χ2n) is 6.30. The Labute approximate surface area is 169 Å². The SMILES string of the molecule is CCCS(=O)(=O)Nc1cccc(C(=O)OCC(=O)NCCc2ccc(F)cc2)c1. The molecule has 0 spiro atoms. The third-order valence-corrected chi connectivity index (χ3v) is 5.32. The lowest BCUT2D eigenvalue weighted by atomic mass is 10.1. The summed E-state index contributed by atoms with van der Waals surface area (Å²) in [7, 11) is -3.48. The molecule has 0 atom stereocenters. The number of sulfonamides is 1. The van der Waals surface area contributed by atoms with E-state index in [0.29, 0.717) is 19.4 Å². The zero-order chi connectivity index (χ0) is 21.3. The number of halogens is 1. The first-order valence-corrected chi connectivity index (χ1v) is 10.7. The van der Waals surface area contributed by atoms with E-state index in [1.807, 2.05) is 0 Å². The Morgan fingerprint density at radius 3 is 2.52 bits per heavy atom. The molecule has 0 heterocycles. The van der Waals surface area contributed by atoms with Crippen molar-refractivity contribution in [1.29, 1.82) is 0 Å². The number of esters is 1. The number of rotatable bonds is 10. The van der Waals surface area contributed by atoms with Crippen molar-refractivity contribution in [2.24, 2.45) is 0 Å². The summed E-state index contributed by atoms with van der Waals surface area (Å²) in [6.45, 7) is 1.60. The molecule has 0 radical (unpaired) electrons. The summed E-state index contributed by atoms with van der Waals surface area (Å²) in [5.74, 6) is -1.57. The van der Waals surface area contributed by atoms with Gasteiger partial charge in [-0.25, -0.2) is 17.6 Å². The minimum absolute atomic E-state index is 0.0280. The van der Waals surface area contributed by atoms with Gasteiger partial charge in [0.25, 0.3) is 5.91 Å². The Hall–Kier alpha value is -2.94. The zero-order valence-corrected chi connectivity index (χ0v) is 16.8. The summed E-state index contributed by atoms with van der Waals surface area (Å²) < 4.78 is 43.8. The van der Waals surface area contributed by atoms with Crippen LogP contribution in [0.25, 0.3) is 0 Å². The molecular weight excluding hydrogens is 399 g/mol. The van der Waals surface area contributed by atoms with Crippen molar-refractivity contribution in [3.05, 3.63) is 65.5 Å². The largest absolute Gasteiger partial charge is 0.452 e. The maximum Gasteiger partial charge on any atom is 0.338 e. The van der Waals surface area contributed by atoms with Gasteiger partial charge in [-0.15, -0.1) is 0 Å². The molecule has 2 aromatic rings. The van der Waals surface area contributed by atoms with E-state index < -0.39 is 28.5 Å². The van der Waals surface area contributed by atoms with Crippen LogP contribution in [-0.2, 0) is 26.0 Å². The van der Waals surface area contributed by atoms with Crippen molar-refractivity contribution in [2.75, 3.05) is 23.6 Å². The third kappa shape index (κ3) is 7.90. The molecular formula is C20H23FN2O5S. The van der Waals surface area contributed by atoms with E-state index in [-0.39, 0.29) is 22.8 Å². The molecule has 9 heteroatoms. The van der Waals surface area contributed by atoms with E-state index in [1.165, 1.54) is 36.4 Å². The van der Waals surface area contributed by atoms with Gasteiger partial charge >= 0.3 is 5.97 Å². The Balaban J connectivity index is 1.80. The first-order valence-electron chi connectivity index (χ1n) is 9.08. The van der Waals surface area contributed by atoms with Gasteiger partial charge in [0.2, 0.25) is 10.0 Å². The minimum atomic E-state index is -3.48. The van der Waals surface area contributed by atoms with Crippen molar-refractivity contribution in [2.45, 2.75) is 19.8 Å². The van der Waals surface area contributed by atoms with Crippen LogP contribution in [0.4, 0.5) is 10.1 Å². The fourth-order valence-corrected chi connectivity index (χ4v) is 3.60. The summed E-state index contributed by atoms with van der Waals surface area (Å²) in [6, 6.07) is 11.8. The second kappa shape index (κ2) is 10.6. The molecule has 156 valence electrons. The average Bonchev–Trinajstić information content (AvgIpc) is 2.67. The van der Waals surface area contributed by atoms with Gasteiger partial charge in [0.1, 0.15) is 5.82 Å². The van der Waals surface area contributed by atoms with Crippen LogP contribution in [0.2, 0.25) is 0 Å². The highest BCUT2D eigenvalue weighted by Crippen LogP contribution is 2.14. The summed E-state index contributed by atoms with van der Waals surface area (Å²) in [6.07, 6.45) is 0.979. The molecule has 2 rings (SSSR count). The quantitative estimate of drug-likeness (QED) is 0.573. The molecule has 0 unspecified atom stereocenters. The van der Waals surface area contributed by atoms with E-state index in [2.05, 4.69) is 10.0 Å². The molecule has 0 saturated heterocycles. The van der Waals surface area contributed by atoms with Crippen LogP contribution >= 0.6 is 0 Å². The first kappa shape index (κ1) is 22.4. The van der Waals surface area contributed by atoms with Gasteiger partial charge in [0, 0.05) is 12.2 Å². The van der Waals surface area contributed by atoms with Crippen LogP contribution in [0.3, 0.4) is 0 Å². The van der Waals surface area contributed by atoms with Gasteiger partial charge < -0.3 is 10.1 Å². The highest BCUT2D eigenvalue weighted by atomic mass is 32.2. The molecule has 29 heavy (non-hydrogen) atoms. The van der Waals surface area contributed by atoms with Crippen molar-refractivity contribution in [1.82, 2.24) is 5.32 Å². The fraction of sp³-hybridized carbons (Fsp3) is 0.300. The van der Waals surface area contributed by atoms with E-state index in [0.717, 1.165) is 5.56 Å². The van der Waals surface area contributed by atoms with Crippen LogP contribution in [0.1, 0.15) is 29.3 Å². The molecule has 2 N–H and O–H groups in total. The van der Waals surface area contributed by atoms with Crippen LogP contribution < -0.4 is 10.0 Å². The molecule has 0 fully saturated rings. The van der Waals surface area contributed by atoms with Gasteiger partial charge in [0.15, 0.2) is 6.61 Å². The maximum atomic E-state index is 12.8. The second-order valence-corrected chi connectivity index (χ2v) is 8.15. The molecule has 0 bridgehead atoms. The van der Waals surface area contributed by atoms with Gasteiger partial charge in [-0.2, -0.15) is 0 Å². The Morgan fingerprint density at radius 1 is 1.10 bits per heavy atom. The number of hydrogen-bond acceptors (Lipinski definition) is 5. The summed E-state index contributed by atoms with van der Waals surface area (Å²) in [5, 5.41) is 2.61. The van der Waals surface area contributed by atoms with Gasteiger partial charge in [-0.05, 0) is 48.7 Å². The summed E-state index contributed by atoms with van der Waals surface area (Å²) in [4.78, 5) is 23.9. The monoisotopic (exact) mass is 422 g/mol.